The van der Waals surface area contributed by atoms with Crippen LogP contribution in [0, 0.1) is 5.82 Å². The van der Waals surface area contributed by atoms with E-state index in [1.165, 1.54) is 12.1 Å². The van der Waals surface area contributed by atoms with Gasteiger partial charge in [-0.2, -0.15) is 5.10 Å². The fourth-order valence-electron chi connectivity index (χ4n) is 4.29. The van der Waals surface area contributed by atoms with Crippen LogP contribution in [0.3, 0.4) is 0 Å². The lowest BCUT2D eigenvalue weighted by atomic mass is 10.1. The van der Waals surface area contributed by atoms with Crippen molar-refractivity contribution in [2.75, 3.05) is 0 Å². The van der Waals surface area contributed by atoms with Gasteiger partial charge in [-0.15, -0.1) is 0 Å². The van der Waals surface area contributed by atoms with Crippen LogP contribution in [-0.4, -0.2) is 19.3 Å². The molecule has 0 amide bonds. The molecule has 0 unspecified atom stereocenters. The van der Waals surface area contributed by atoms with Gasteiger partial charge in [0.15, 0.2) is 0 Å². The lowest BCUT2D eigenvalue weighted by Gasteiger charge is -2.10. The van der Waals surface area contributed by atoms with Gasteiger partial charge >= 0.3 is 0 Å². The molecule has 0 atom stereocenters. The van der Waals surface area contributed by atoms with E-state index >= 15 is 0 Å². The average molecular weight is 523 g/mol. The molecule has 170 valence electrons. The van der Waals surface area contributed by atoms with Crippen LogP contribution in [0.4, 0.5) is 4.39 Å². The Hall–Kier alpha value is -4.03. The van der Waals surface area contributed by atoms with Gasteiger partial charge in [-0.25, -0.2) is 14.1 Å². The second-order valence-corrected chi connectivity index (χ2v) is 9.23. The summed E-state index contributed by atoms with van der Waals surface area (Å²) in [7, 11) is 0. The summed E-state index contributed by atoms with van der Waals surface area (Å²) in [5.74, 6) is 0.571. The van der Waals surface area contributed by atoms with Crippen LogP contribution >= 0.6 is 15.9 Å². The van der Waals surface area contributed by atoms with Gasteiger partial charge < -0.3 is 4.57 Å². The van der Waals surface area contributed by atoms with Crippen molar-refractivity contribution in [1.29, 1.82) is 0 Å². The summed E-state index contributed by atoms with van der Waals surface area (Å²) in [6.07, 6.45) is 2.04. The predicted molar refractivity (Wildman–Crippen MR) is 141 cm³/mol. The van der Waals surface area contributed by atoms with Gasteiger partial charge in [0, 0.05) is 22.8 Å². The lowest BCUT2D eigenvalue weighted by molar-refractivity contribution is 0.626. The minimum Gasteiger partial charge on any atom is -0.319 e. The van der Waals surface area contributed by atoms with Crippen molar-refractivity contribution in [1.82, 2.24) is 19.3 Å². The van der Waals surface area contributed by atoms with Gasteiger partial charge in [-0.05, 0) is 54.1 Å². The number of para-hydroxylation sites is 3. The Morgan fingerprint density at radius 1 is 0.771 bits per heavy atom. The Bertz CT molecular complexity index is 1620. The predicted octanol–water partition coefficient (Wildman–Crippen LogP) is 7.51. The normalized spacial score (nSPS) is 11.3. The number of benzene rings is 4. The minimum atomic E-state index is -0.244. The van der Waals surface area contributed by atoms with E-state index in [1.807, 2.05) is 83.7 Å². The quantitative estimate of drug-likeness (QED) is 0.235. The van der Waals surface area contributed by atoms with E-state index in [4.69, 9.17) is 10.1 Å². The average Bonchev–Trinajstić information content (AvgIpc) is 3.49. The first-order valence-electron chi connectivity index (χ1n) is 11.3. The molecule has 0 saturated carbocycles. The third kappa shape index (κ3) is 4.17. The van der Waals surface area contributed by atoms with Crippen LogP contribution < -0.4 is 0 Å². The van der Waals surface area contributed by atoms with Crippen LogP contribution in [-0.2, 0) is 6.54 Å². The van der Waals surface area contributed by atoms with Gasteiger partial charge in [0.25, 0.3) is 0 Å². The first-order valence-corrected chi connectivity index (χ1v) is 12.1. The summed E-state index contributed by atoms with van der Waals surface area (Å²) in [6.45, 7) is 0.562. The number of aromatic nitrogens is 4. The van der Waals surface area contributed by atoms with E-state index < -0.39 is 0 Å². The molecule has 0 spiro atoms. The summed E-state index contributed by atoms with van der Waals surface area (Å²) in [4.78, 5) is 5.03. The highest BCUT2D eigenvalue weighted by Gasteiger charge is 2.21. The summed E-state index contributed by atoms with van der Waals surface area (Å²) in [5, 5.41) is 4.99. The number of nitrogens with zero attached hydrogens (tertiary/aromatic N) is 4. The summed E-state index contributed by atoms with van der Waals surface area (Å²) < 4.78 is 18.6. The number of hydrogen-bond acceptors (Lipinski definition) is 2. The van der Waals surface area contributed by atoms with Crippen LogP contribution in [0.2, 0.25) is 0 Å². The second kappa shape index (κ2) is 8.96. The Kier molecular flexibility index (Phi) is 5.51. The standard InChI is InChI=1S/C29H20BrFN4/c30-22-14-12-21(13-15-22)28-25(19-35(33-28)24-6-2-1-3-7-24)29-32-26-8-4-5-9-27(26)34(29)18-20-10-16-23(31)17-11-20/h1-17,19H,18H2. The number of hydrogen-bond donors (Lipinski definition) is 0. The van der Waals surface area contributed by atoms with Crippen molar-refractivity contribution < 1.29 is 4.39 Å². The van der Waals surface area contributed by atoms with Crippen molar-refractivity contribution in [3.63, 3.8) is 0 Å². The number of imidazole rings is 1. The van der Waals surface area contributed by atoms with Crippen LogP contribution in [0.25, 0.3) is 39.4 Å². The maximum atomic E-state index is 13.6. The molecule has 0 fully saturated rings. The molecule has 0 bridgehead atoms. The van der Waals surface area contributed by atoms with Gasteiger partial charge in [0.2, 0.25) is 0 Å². The highest BCUT2D eigenvalue weighted by Crippen LogP contribution is 2.34. The fraction of sp³-hybridized carbons (Fsp3) is 0.0345. The first kappa shape index (κ1) is 21.5. The molecular formula is C29H20BrFN4. The van der Waals surface area contributed by atoms with Gasteiger partial charge in [0.05, 0.1) is 22.3 Å². The lowest BCUT2D eigenvalue weighted by Crippen LogP contribution is -2.02. The molecule has 6 aromatic rings. The van der Waals surface area contributed by atoms with Crippen LogP contribution in [0.15, 0.2) is 114 Å². The second-order valence-electron chi connectivity index (χ2n) is 8.32. The van der Waals surface area contributed by atoms with E-state index in [2.05, 4.69) is 38.7 Å². The van der Waals surface area contributed by atoms with Gasteiger partial charge in [0.1, 0.15) is 17.3 Å². The molecule has 0 radical (unpaired) electrons. The SMILES string of the molecule is Fc1ccc(Cn2c(-c3cn(-c4ccccc4)nc3-c3ccc(Br)cc3)nc3ccccc32)cc1. The van der Waals surface area contributed by atoms with Crippen molar-refractivity contribution in [3.05, 3.63) is 125 Å². The molecule has 0 saturated heterocycles. The molecule has 0 aliphatic heterocycles. The van der Waals surface area contributed by atoms with Crippen molar-refractivity contribution in [2.24, 2.45) is 0 Å². The molecular weight excluding hydrogens is 503 g/mol. The van der Waals surface area contributed by atoms with Crippen LogP contribution in [0.1, 0.15) is 5.56 Å². The number of fused-ring (bicyclic) bond motifs is 1. The smallest absolute Gasteiger partial charge is 0.145 e. The van der Waals surface area contributed by atoms with E-state index in [0.717, 1.165) is 49.4 Å². The third-order valence-corrected chi connectivity index (χ3v) is 6.53. The molecule has 0 N–H and O–H groups in total. The zero-order valence-corrected chi connectivity index (χ0v) is 20.2. The molecule has 4 aromatic carbocycles. The highest BCUT2D eigenvalue weighted by molar-refractivity contribution is 9.10. The van der Waals surface area contributed by atoms with E-state index in [1.54, 1.807) is 0 Å². The molecule has 6 heteroatoms. The van der Waals surface area contributed by atoms with E-state index in [9.17, 15) is 4.39 Å². The van der Waals surface area contributed by atoms with Gasteiger partial charge in [-0.1, -0.05) is 70.5 Å². The Morgan fingerprint density at radius 3 is 2.26 bits per heavy atom. The zero-order chi connectivity index (χ0) is 23.8. The monoisotopic (exact) mass is 522 g/mol. The van der Waals surface area contributed by atoms with Crippen molar-refractivity contribution in [3.8, 4) is 28.3 Å². The number of halogens is 2. The Morgan fingerprint density at radius 2 is 1.49 bits per heavy atom. The summed E-state index contributed by atoms with van der Waals surface area (Å²) in [6, 6.07) is 32.9. The van der Waals surface area contributed by atoms with Gasteiger partial charge in [-0.3, -0.25) is 0 Å². The topological polar surface area (TPSA) is 35.6 Å². The minimum absolute atomic E-state index is 0.244. The maximum absolute atomic E-state index is 13.6. The third-order valence-electron chi connectivity index (χ3n) is 6.00. The first-order chi connectivity index (χ1) is 17.2. The van der Waals surface area contributed by atoms with E-state index in [0.29, 0.717) is 6.54 Å². The molecule has 35 heavy (non-hydrogen) atoms. The molecule has 6 rings (SSSR count). The Labute approximate surface area is 210 Å². The van der Waals surface area contributed by atoms with Crippen LogP contribution in [0.5, 0.6) is 0 Å². The summed E-state index contributed by atoms with van der Waals surface area (Å²) >= 11 is 3.53. The largest absolute Gasteiger partial charge is 0.319 e. The molecule has 0 aliphatic rings. The molecule has 2 heterocycles. The highest BCUT2D eigenvalue weighted by atomic mass is 79.9. The molecule has 4 nitrogen and oxygen atoms in total. The fourth-order valence-corrected chi connectivity index (χ4v) is 4.55. The zero-order valence-electron chi connectivity index (χ0n) is 18.6. The van der Waals surface area contributed by atoms with Crippen molar-refractivity contribution in [2.45, 2.75) is 6.54 Å². The Balaban J connectivity index is 1.58. The van der Waals surface area contributed by atoms with Crippen molar-refractivity contribution >= 4 is 27.0 Å². The maximum Gasteiger partial charge on any atom is 0.145 e. The molecule has 2 aromatic heterocycles. The van der Waals surface area contributed by atoms with E-state index in [-0.39, 0.29) is 5.82 Å². The molecule has 0 aliphatic carbocycles. The number of rotatable bonds is 5. The summed E-state index contributed by atoms with van der Waals surface area (Å²) in [5.41, 5.74) is 6.65.